The van der Waals surface area contributed by atoms with Crippen LogP contribution in [0.3, 0.4) is 0 Å². The summed E-state index contributed by atoms with van der Waals surface area (Å²) in [7, 11) is 0. The summed E-state index contributed by atoms with van der Waals surface area (Å²) in [5.41, 5.74) is 8.28. The fourth-order valence-corrected chi connectivity index (χ4v) is 3.86. The summed E-state index contributed by atoms with van der Waals surface area (Å²) < 4.78 is 16.7. The van der Waals surface area contributed by atoms with Gasteiger partial charge in [-0.1, -0.05) is 49.4 Å². The number of aliphatic carboxylic acids is 1. The minimum atomic E-state index is -0.997. The van der Waals surface area contributed by atoms with Crippen molar-refractivity contribution >= 4 is 11.9 Å². The van der Waals surface area contributed by atoms with Crippen molar-refractivity contribution in [3.05, 3.63) is 77.2 Å². The molecule has 0 fully saturated rings. The second-order valence-corrected chi connectivity index (χ2v) is 8.72. The van der Waals surface area contributed by atoms with Crippen molar-refractivity contribution < 1.29 is 14.3 Å². The number of hydrogen-bond donors (Lipinski definition) is 2. The van der Waals surface area contributed by atoms with Gasteiger partial charge in [-0.3, -0.25) is 4.79 Å². The lowest BCUT2D eigenvalue weighted by Gasteiger charge is -2.24. The van der Waals surface area contributed by atoms with Gasteiger partial charge in [0.2, 0.25) is 5.95 Å². The summed E-state index contributed by atoms with van der Waals surface area (Å²) in [6, 6.07) is 15.7. The first-order chi connectivity index (χ1) is 16.7. The zero-order chi connectivity index (χ0) is 25.2. The van der Waals surface area contributed by atoms with Crippen LogP contribution in [-0.4, -0.2) is 36.0 Å². The van der Waals surface area contributed by atoms with Gasteiger partial charge in [0.25, 0.3) is 0 Å². The summed E-state index contributed by atoms with van der Waals surface area (Å²) >= 11 is 0. The van der Waals surface area contributed by atoms with E-state index in [2.05, 4.69) is 26.3 Å². The van der Waals surface area contributed by atoms with Crippen LogP contribution in [0, 0.1) is 17.1 Å². The predicted molar refractivity (Wildman–Crippen MR) is 126 cm³/mol. The van der Waals surface area contributed by atoms with Gasteiger partial charge < -0.3 is 10.8 Å². The van der Waals surface area contributed by atoms with Crippen LogP contribution in [0.25, 0.3) is 22.6 Å². The number of carboxylic acid groups (broad SMARTS) is 1. The number of hydrogen-bond acceptors (Lipinski definition) is 7. The molecule has 0 unspecified atom stereocenters. The van der Waals surface area contributed by atoms with Gasteiger partial charge in [0, 0.05) is 16.5 Å². The van der Waals surface area contributed by atoms with Crippen LogP contribution in [0.2, 0.25) is 0 Å². The molecule has 176 valence electrons. The molecule has 0 bridgehead atoms. The number of nitriles is 1. The number of anilines is 1. The fraction of sp³-hybridized carbons (Fsp3) is 0.200. The number of benzene rings is 2. The highest BCUT2D eigenvalue weighted by Gasteiger charge is 2.28. The van der Waals surface area contributed by atoms with E-state index >= 15 is 4.39 Å². The van der Waals surface area contributed by atoms with Gasteiger partial charge in [0.1, 0.15) is 11.5 Å². The molecule has 0 saturated carbocycles. The largest absolute Gasteiger partial charge is 0.481 e. The van der Waals surface area contributed by atoms with Crippen molar-refractivity contribution in [2.45, 2.75) is 32.2 Å². The van der Waals surface area contributed by atoms with Crippen LogP contribution in [-0.2, 0) is 16.8 Å². The molecule has 2 heterocycles. The Morgan fingerprint density at radius 2 is 1.89 bits per heavy atom. The standard InChI is InChI=1S/C25H22FN7O2/c1-25(2,11-22(34)35)18-8-4-7-17(23(18)26)13-33-14-21(31-32-33)20-10-19(29-24(28)30-20)16-6-3-5-15(9-16)12-27/h3-10,14H,11,13H2,1-2H3,(H,34,35)(H2,28,29,30). The highest BCUT2D eigenvalue weighted by Crippen LogP contribution is 2.31. The molecule has 4 aromatic rings. The van der Waals surface area contributed by atoms with Gasteiger partial charge in [-0.15, -0.1) is 5.10 Å². The molecular formula is C25H22FN7O2. The van der Waals surface area contributed by atoms with E-state index in [9.17, 15) is 9.90 Å². The molecule has 2 aromatic heterocycles. The van der Waals surface area contributed by atoms with Crippen LogP contribution in [0.4, 0.5) is 10.3 Å². The maximum absolute atomic E-state index is 15.3. The predicted octanol–water partition coefficient (Wildman–Crippen LogP) is 3.80. The molecule has 9 nitrogen and oxygen atoms in total. The Balaban J connectivity index is 1.63. The monoisotopic (exact) mass is 471 g/mol. The summed E-state index contributed by atoms with van der Waals surface area (Å²) in [6.07, 6.45) is 1.42. The Bertz CT molecular complexity index is 1460. The van der Waals surface area contributed by atoms with Crippen molar-refractivity contribution in [1.29, 1.82) is 5.26 Å². The minimum absolute atomic E-state index is 0.0359. The van der Waals surface area contributed by atoms with E-state index in [0.29, 0.717) is 39.3 Å². The number of halogens is 1. The number of rotatable bonds is 7. The lowest BCUT2D eigenvalue weighted by molar-refractivity contribution is -0.138. The van der Waals surface area contributed by atoms with Crippen LogP contribution in [0.1, 0.15) is 37.0 Å². The van der Waals surface area contributed by atoms with E-state index in [4.69, 9.17) is 11.0 Å². The summed E-state index contributed by atoms with van der Waals surface area (Å²) in [4.78, 5) is 19.7. The molecule has 0 radical (unpaired) electrons. The van der Waals surface area contributed by atoms with Crippen molar-refractivity contribution in [3.63, 3.8) is 0 Å². The third-order valence-electron chi connectivity index (χ3n) is 5.57. The Labute approximate surface area is 200 Å². The number of carboxylic acids is 1. The van der Waals surface area contributed by atoms with Gasteiger partial charge >= 0.3 is 5.97 Å². The molecule has 0 aliphatic rings. The SMILES string of the molecule is CC(C)(CC(=O)O)c1cccc(Cn2cc(-c3cc(-c4cccc(C#N)c4)nc(N)n3)nn2)c1F. The molecular weight excluding hydrogens is 449 g/mol. The summed E-state index contributed by atoms with van der Waals surface area (Å²) in [5.74, 6) is -1.43. The Hall–Kier alpha value is -4.65. The minimum Gasteiger partial charge on any atom is -0.481 e. The van der Waals surface area contributed by atoms with Gasteiger partial charge in [0.05, 0.1) is 42.2 Å². The quantitative estimate of drug-likeness (QED) is 0.414. The average Bonchev–Trinajstić information content (AvgIpc) is 3.28. The lowest BCUT2D eigenvalue weighted by Crippen LogP contribution is -2.24. The zero-order valence-corrected chi connectivity index (χ0v) is 19.1. The number of aromatic nitrogens is 5. The molecule has 10 heteroatoms. The van der Waals surface area contributed by atoms with E-state index in [1.165, 1.54) is 4.68 Å². The lowest BCUT2D eigenvalue weighted by atomic mass is 9.80. The Morgan fingerprint density at radius 1 is 1.14 bits per heavy atom. The first-order valence-corrected chi connectivity index (χ1v) is 10.7. The Kier molecular flexibility index (Phi) is 6.25. The highest BCUT2D eigenvalue weighted by molar-refractivity contribution is 5.69. The molecule has 0 amide bonds. The van der Waals surface area contributed by atoms with Crippen LogP contribution in [0.5, 0.6) is 0 Å². The zero-order valence-electron chi connectivity index (χ0n) is 19.1. The molecule has 0 saturated heterocycles. The molecule has 0 aliphatic heterocycles. The molecule has 3 N–H and O–H groups in total. The normalized spacial score (nSPS) is 11.3. The average molecular weight is 471 g/mol. The number of carbonyl (C=O) groups is 1. The second-order valence-electron chi connectivity index (χ2n) is 8.72. The van der Waals surface area contributed by atoms with E-state index < -0.39 is 17.2 Å². The number of nitrogen functional groups attached to an aromatic ring is 1. The van der Waals surface area contributed by atoms with Crippen LogP contribution < -0.4 is 5.73 Å². The molecule has 0 atom stereocenters. The second kappa shape index (κ2) is 9.30. The fourth-order valence-electron chi connectivity index (χ4n) is 3.86. The smallest absolute Gasteiger partial charge is 0.304 e. The summed E-state index contributed by atoms with van der Waals surface area (Å²) in [6.45, 7) is 3.48. The maximum atomic E-state index is 15.3. The van der Waals surface area contributed by atoms with Crippen molar-refractivity contribution in [2.75, 3.05) is 5.73 Å². The molecule has 2 aromatic carbocycles. The van der Waals surface area contributed by atoms with E-state index in [1.54, 1.807) is 62.5 Å². The van der Waals surface area contributed by atoms with Gasteiger partial charge in [-0.05, 0) is 23.8 Å². The van der Waals surface area contributed by atoms with E-state index in [1.807, 2.05) is 6.07 Å². The van der Waals surface area contributed by atoms with Gasteiger partial charge in [0.15, 0.2) is 0 Å². The third kappa shape index (κ3) is 5.14. The van der Waals surface area contributed by atoms with E-state index in [0.717, 1.165) is 0 Å². The molecule has 0 spiro atoms. The highest BCUT2D eigenvalue weighted by atomic mass is 19.1. The number of nitrogens with two attached hydrogens (primary N) is 1. The summed E-state index contributed by atoms with van der Waals surface area (Å²) in [5, 5.41) is 26.6. The first-order valence-electron chi connectivity index (χ1n) is 10.7. The van der Waals surface area contributed by atoms with Crippen LogP contribution in [0.15, 0.2) is 54.7 Å². The van der Waals surface area contributed by atoms with Gasteiger partial charge in [-0.2, -0.15) is 5.26 Å². The Morgan fingerprint density at radius 3 is 2.63 bits per heavy atom. The first kappa shape index (κ1) is 23.5. The van der Waals surface area contributed by atoms with Gasteiger partial charge in [-0.25, -0.2) is 19.0 Å². The topological polar surface area (TPSA) is 144 Å². The van der Waals surface area contributed by atoms with E-state index in [-0.39, 0.29) is 18.9 Å². The van der Waals surface area contributed by atoms with Crippen LogP contribution >= 0.6 is 0 Å². The number of nitrogens with zero attached hydrogens (tertiary/aromatic N) is 6. The maximum Gasteiger partial charge on any atom is 0.304 e. The third-order valence-corrected chi connectivity index (χ3v) is 5.57. The molecule has 35 heavy (non-hydrogen) atoms. The van der Waals surface area contributed by atoms with Crippen molar-refractivity contribution in [3.8, 4) is 28.7 Å². The molecule has 4 rings (SSSR count). The van der Waals surface area contributed by atoms with Crippen molar-refractivity contribution in [1.82, 2.24) is 25.0 Å². The molecule has 0 aliphatic carbocycles. The van der Waals surface area contributed by atoms with Crippen molar-refractivity contribution in [2.24, 2.45) is 0 Å².